The monoisotopic (exact) mass is 434 g/mol. The number of rotatable bonds is 5. The van der Waals surface area contributed by atoms with Gasteiger partial charge in [0.05, 0.1) is 12.7 Å². The molecule has 31 heavy (non-hydrogen) atoms. The first kappa shape index (κ1) is 23.2. The highest BCUT2D eigenvalue weighted by Gasteiger charge is 2.41. The van der Waals surface area contributed by atoms with E-state index < -0.39 is 29.7 Å². The average molecular weight is 434 g/mol. The summed E-state index contributed by atoms with van der Waals surface area (Å²) in [5.41, 5.74) is 0.155. The SMILES string of the molecule is COC1CCN(C(=O)c2cccc(N3CCOC(C(O)C(=O)OC(C)(C)C)C3=O)c2)C1. The average Bonchev–Trinajstić information content (AvgIpc) is 3.21. The number of carbonyl (C=O) groups is 3. The fourth-order valence-corrected chi connectivity index (χ4v) is 3.67. The number of likely N-dealkylation sites (tertiary alicyclic amines) is 1. The highest BCUT2D eigenvalue weighted by atomic mass is 16.6. The Morgan fingerprint density at radius 3 is 2.65 bits per heavy atom. The number of methoxy groups -OCH3 is 1. The Kier molecular flexibility index (Phi) is 6.98. The maximum absolute atomic E-state index is 13.0. The third kappa shape index (κ3) is 5.41. The Morgan fingerprint density at radius 1 is 1.26 bits per heavy atom. The first-order valence-corrected chi connectivity index (χ1v) is 10.4. The largest absolute Gasteiger partial charge is 0.458 e. The molecule has 2 fully saturated rings. The van der Waals surface area contributed by atoms with Gasteiger partial charge in [-0.3, -0.25) is 9.59 Å². The number of nitrogens with zero attached hydrogens (tertiary/aromatic N) is 2. The number of aliphatic hydroxyl groups is 1. The fourth-order valence-electron chi connectivity index (χ4n) is 3.67. The van der Waals surface area contributed by atoms with Crippen molar-refractivity contribution in [2.24, 2.45) is 0 Å². The standard InChI is InChI=1S/C22H30N2O7/c1-22(2,3)31-21(28)17(25)18-20(27)24(10-11-30-18)15-7-5-6-14(12-15)19(26)23-9-8-16(13-23)29-4/h5-7,12,16-18,25H,8-11,13H2,1-4H3. The van der Waals surface area contributed by atoms with Crippen molar-refractivity contribution in [1.82, 2.24) is 4.90 Å². The first-order valence-electron chi connectivity index (χ1n) is 10.4. The lowest BCUT2D eigenvalue weighted by Crippen LogP contribution is -2.55. The summed E-state index contributed by atoms with van der Waals surface area (Å²) < 4.78 is 15.9. The molecule has 2 aliphatic heterocycles. The molecule has 170 valence electrons. The summed E-state index contributed by atoms with van der Waals surface area (Å²) in [5, 5.41) is 10.4. The van der Waals surface area contributed by atoms with Gasteiger partial charge in [0.15, 0.2) is 12.2 Å². The molecular weight excluding hydrogens is 404 g/mol. The van der Waals surface area contributed by atoms with E-state index in [1.807, 2.05) is 0 Å². The number of aliphatic hydroxyl groups excluding tert-OH is 1. The number of benzene rings is 1. The molecule has 3 unspecified atom stereocenters. The van der Waals surface area contributed by atoms with E-state index in [1.54, 1.807) is 57.0 Å². The number of anilines is 1. The van der Waals surface area contributed by atoms with Crippen LogP contribution < -0.4 is 4.90 Å². The van der Waals surface area contributed by atoms with E-state index in [4.69, 9.17) is 14.2 Å². The highest BCUT2D eigenvalue weighted by molar-refractivity contribution is 6.02. The molecule has 2 heterocycles. The van der Waals surface area contributed by atoms with Crippen LogP contribution in [0.25, 0.3) is 0 Å². The van der Waals surface area contributed by atoms with Crippen LogP contribution in [0.3, 0.4) is 0 Å². The van der Waals surface area contributed by atoms with Crippen LogP contribution in [0.4, 0.5) is 5.69 Å². The van der Waals surface area contributed by atoms with Crippen molar-refractivity contribution in [1.29, 1.82) is 0 Å². The van der Waals surface area contributed by atoms with Gasteiger partial charge in [0.2, 0.25) is 0 Å². The summed E-state index contributed by atoms with van der Waals surface area (Å²) in [7, 11) is 1.63. The predicted molar refractivity (Wildman–Crippen MR) is 112 cm³/mol. The smallest absolute Gasteiger partial charge is 0.338 e. The van der Waals surface area contributed by atoms with E-state index in [-0.39, 0.29) is 25.2 Å². The summed E-state index contributed by atoms with van der Waals surface area (Å²) in [5.74, 6) is -1.61. The van der Waals surface area contributed by atoms with Crippen LogP contribution in [0.15, 0.2) is 24.3 Å². The maximum Gasteiger partial charge on any atom is 0.338 e. The van der Waals surface area contributed by atoms with Crippen LogP contribution in [0.1, 0.15) is 37.6 Å². The molecule has 0 spiro atoms. The normalized spacial score (nSPS) is 23.1. The molecule has 9 heteroatoms. The maximum atomic E-state index is 13.0. The topological polar surface area (TPSA) is 106 Å². The van der Waals surface area contributed by atoms with Crippen LogP contribution in [-0.2, 0) is 23.8 Å². The molecule has 0 aliphatic carbocycles. The molecule has 2 aliphatic rings. The zero-order valence-corrected chi connectivity index (χ0v) is 18.4. The number of amides is 2. The van der Waals surface area contributed by atoms with Crippen molar-refractivity contribution in [3.8, 4) is 0 Å². The molecule has 0 aromatic heterocycles. The van der Waals surface area contributed by atoms with Gasteiger partial charge in [0, 0.05) is 38.0 Å². The number of esters is 1. The minimum absolute atomic E-state index is 0.0306. The Labute approximate surface area is 181 Å². The van der Waals surface area contributed by atoms with Gasteiger partial charge in [-0.15, -0.1) is 0 Å². The van der Waals surface area contributed by atoms with Gasteiger partial charge in [-0.1, -0.05) is 6.07 Å². The Morgan fingerprint density at radius 2 is 2.00 bits per heavy atom. The van der Waals surface area contributed by atoms with Gasteiger partial charge >= 0.3 is 5.97 Å². The van der Waals surface area contributed by atoms with Crippen molar-refractivity contribution >= 4 is 23.5 Å². The van der Waals surface area contributed by atoms with Crippen LogP contribution in [-0.4, -0.2) is 85.1 Å². The lowest BCUT2D eigenvalue weighted by Gasteiger charge is -2.34. The van der Waals surface area contributed by atoms with E-state index in [2.05, 4.69) is 0 Å². The first-order chi connectivity index (χ1) is 14.6. The number of ether oxygens (including phenoxy) is 3. The van der Waals surface area contributed by atoms with Crippen molar-refractivity contribution in [3.63, 3.8) is 0 Å². The molecule has 3 atom stereocenters. The van der Waals surface area contributed by atoms with E-state index in [1.165, 1.54) is 4.90 Å². The zero-order valence-electron chi connectivity index (χ0n) is 18.4. The van der Waals surface area contributed by atoms with Crippen molar-refractivity contribution in [3.05, 3.63) is 29.8 Å². The summed E-state index contributed by atoms with van der Waals surface area (Å²) in [6, 6.07) is 6.75. The number of carbonyl (C=O) groups excluding carboxylic acids is 3. The van der Waals surface area contributed by atoms with Gasteiger partial charge in [0.25, 0.3) is 11.8 Å². The molecule has 2 amide bonds. The van der Waals surface area contributed by atoms with Crippen LogP contribution in [0.5, 0.6) is 0 Å². The number of morpholine rings is 1. The summed E-state index contributed by atoms with van der Waals surface area (Å²) in [4.78, 5) is 41.2. The Bertz CT molecular complexity index is 835. The lowest BCUT2D eigenvalue weighted by atomic mass is 10.1. The summed E-state index contributed by atoms with van der Waals surface area (Å²) in [6.07, 6.45) is -2.30. The molecule has 9 nitrogen and oxygen atoms in total. The van der Waals surface area contributed by atoms with Gasteiger partial charge in [-0.05, 0) is 45.4 Å². The third-order valence-corrected chi connectivity index (χ3v) is 5.23. The molecule has 3 rings (SSSR count). The summed E-state index contributed by atoms with van der Waals surface area (Å²) in [6.45, 7) is 6.53. The Hall–Kier alpha value is -2.49. The second-order valence-corrected chi connectivity index (χ2v) is 8.71. The van der Waals surface area contributed by atoms with E-state index in [0.29, 0.717) is 24.3 Å². The minimum Gasteiger partial charge on any atom is -0.458 e. The van der Waals surface area contributed by atoms with E-state index in [0.717, 1.165) is 6.42 Å². The number of hydrogen-bond acceptors (Lipinski definition) is 7. The van der Waals surface area contributed by atoms with Crippen molar-refractivity contribution < 1.29 is 33.7 Å². The van der Waals surface area contributed by atoms with E-state index in [9.17, 15) is 19.5 Å². The second-order valence-electron chi connectivity index (χ2n) is 8.71. The van der Waals surface area contributed by atoms with Crippen LogP contribution in [0.2, 0.25) is 0 Å². The molecule has 1 aromatic rings. The third-order valence-electron chi connectivity index (χ3n) is 5.23. The molecule has 1 aromatic carbocycles. The van der Waals surface area contributed by atoms with Crippen LogP contribution >= 0.6 is 0 Å². The fraction of sp³-hybridized carbons (Fsp3) is 0.591. The minimum atomic E-state index is -1.74. The zero-order chi connectivity index (χ0) is 22.8. The molecule has 0 radical (unpaired) electrons. The van der Waals surface area contributed by atoms with E-state index >= 15 is 0 Å². The Balaban J connectivity index is 1.74. The van der Waals surface area contributed by atoms with Gasteiger partial charge in [-0.25, -0.2) is 4.79 Å². The molecule has 0 bridgehead atoms. The number of hydrogen-bond donors (Lipinski definition) is 1. The van der Waals surface area contributed by atoms with Crippen molar-refractivity contribution in [2.45, 2.75) is 51.1 Å². The molecule has 2 saturated heterocycles. The van der Waals surface area contributed by atoms with Gasteiger partial charge in [-0.2, -0.15) is 0 Å². The molecule has 0 saturated carbocycles. The van der Waals surface area contributed by atoms with Crippen molar-refractivity contribution in [2.75, 3.05) is 38.3 Å². The summed E-state index contributed by atoms with van der Waals surface area (Å²) >= 11 is 0. The van der Waals surface area contributed by atoms with Gasteiger partial charge in [0.1, 0.15) is 5.60 Å². The lowest BCUT2D eigenvalue weighted by molar-refractivity contribution is -0.177. The quantitative estimate of drug-likeness (QED) is 0.689. The highest BCUT2D eigenvalue weighted by Crippen LogP contribution is 2.24. The second kappa shape index (κ2) is 9.33. The molecular formula is C22H30N2O7. The predicted octanol–water partition coefficient (Wildman–Crippen LogP) is 0.982. The molecule has 1 N–H and O–H groups in total. The van der Waals surface area contributed by atoms with Crippen LogP contribution in [0, 0.1) is 0 Å². The van der Waals surface area contributed by atoms with Gasteiger partial charge < -0.3 is 29.1 Å².